The molecule has 2 aromatic heterocycles. The van der Waals surface area contributed by atoms with E-state index in [1.807, 2.05) is 6.92 Å². The summed E-state index contributed by atoms with van der Waals surface area (Å²) in [5.74, 6) is 0.515. The smallest absolute Gasteiger partial charge is 0.417 e. The molecule has 0 saturated heterocycles. The predicted octanol–water partition coefficient (Wildman–Crippen LogP) is 3.60. The third-order valence-corrected chi connectivity index (χ3v) is 2.17. The number of hydrogen-bond acceptors (Lipinski definition) is 3. The number of ether oxygens (including phenoxy) is 1. The Hall–Kier alpha value is -2.11. The summed E-state index contributed by atoms with van der Waals surface area (Å²) in [7, 11) is 0. The molecule has 0 aliphatic heterocycles. The number of alkyl halides is 3. The Morgan fingerprint density at radius 2 is 1.78 bits per heavy atom. The Kier molecular flexibility index (Phi) is 3.18. The molecule has 6 heteroatoms. The lowest BCUT2D eigenvalue weighted by Gasteiger charge is -2.07. The minimum atomic E-state index is -4.39. The molecule has 2 heterocycles. The zero-order chi connectivity index (χ0) is 13.2. The van der Waals surface area contributed by atoms with E-state index in [1.165, 1.54) is 12.3 Å². The van der Waals surface area contributed by atoms with Crippen LogP contribution in [-0.4, -0.2) is 9.97 Å². The Morgan fingerprint density at radius 3 is 2.28 bits per heavy atom. The lowest BCUT2D eigenvalue weighted by atomic mass is 10.3. The van der Waals surface area contributed by atoms with E-state index in [1.54, 1.807) is 12.1 Å². The van der Waals surface area contributed by atoms with Crippen molar-refractivity contribution in [3.63, 3.8) is 0 Å². The number of rotatable bonds is 2. The van der Waals surface area contributed by atoms with Crippen molar-refractivity contribution in [2.24, 2.45) is 0 Å². The molecular formula is C12H9F3N2O. The first-order chi connectivity index (χ1) is 8.45. The minimum absolute atomic E-state index is 0.0913. The van der Waals surface area contributed by atoms with Gasteiger partial charge < -0.3 is 4.74 Å². The number of pyridine rings is 2. The van der Waals surface area contributed by atoms with E-state index in [9.17, 15) is 13.2 Å². The quantitative estimate of drug-likeness (QED) is 0.821. The first-order valence-corrected chi connectivity index (χ1v) is 5.09. The van der Waals surface area contributed by atoms with E-state index in [4.69, 9.17) is 4.74 Å². The van der Waals surface area contributed by atoms with Crippen LogP contribution in [0.1, 0.15) is 11.3 Å². The fraction of sp³-hybridized carbons (Fsp3) is 0.167. The summed E-state index contributed by atoms with van der Waals surface area (Å²) in [5, 5.41) is 0. The van der Waals surface area contributed by atoms with Gasteiger partial charge in [0, 0.05) is 18.0 Å². The molecule has 0 fully saturated rings. The van der Waals surface area contributed by atoms with Crippen molar-refractivity contribution in [3.05, 3.63) is 47.9 Å². The van der Waals surface area contributed by atoms with Crippen LogP contribution < -0.4 is 4.74 Å². The molecule has 0 atom stereocenters. The molecule has 0 aliphatic rings. The molecule has 3 nitrogen and oxygen atoms in total. The second-order valence-corrected chi connectivity index (χ2v) is 3.62. The van der Waals surface area contributed by atoms with E-state index < -0.39 is 11.7 Å². The molecule has 0 N–H and O–H groups in total. The highest BCUT2D eigenvalue weighted by Crippen LogP contribution is 2.29. The first-order valence-electron chi connectivity index (χ1n) is 5.09. The summed E-state index contributed by atoms with van der Waals surface area (Å²) in [6, 6.07) is 5.49. The summed E-state index contributed by atoms with van der Waals surface area (Å²) in [4.78, 5) is 7.59. The second-order valence-electron chi connectivity index (χ2n) is 3.62. The Bertz CT molecular complexity index is 521. The molecule has 0 unspecified atom stereocenters. The van der Waals surface area contributed by atoms with E-state index in [-0.39, 0.29) is 5.88 Å². The molecule has 0 aliphatic carbocycles. The number of nitrogens with zero attached hydrogens (tertiary/aromatic N) is 2. The molecule has 0 bridgehead atoms. The fourth-order valence-corrected chi connectivity index (χ4v) is 1.24. The maximum absolute atomic E-state index is 12.3. The third kappa shape index (κ3) is 2.97. The Morgan fingerprint density at radius 1 is 1.00 bits per heavy atom. The Balaban J connectivity index is 2.13. The monoisotopic (exact) mass is 254 g/mol. The van der Waals surface area contributed by atoms with Crippen molar-refractivity contribution in [2.75, 3.05) is 0 Å². The fourth-order valence-electron chi connectivity index (χ4n) is 1.24. The number of aromatic nitrogens is 2. The van der Waals surface area contributed by atoms with Gasteiger partial charge in [-0.05, 0) is 25.1 Å². The van der Waals surface area contributed by atoms with Crippen LogP contribution in [0.5, 0.6) is 11.6 Å². The molecule has 0 spiro atoms. The lowest BCUT2D eigenvalue weighted by Crippen LogP contribution is -2.05. The largest absolute Gasteiger partial charge is 0.437 e. The molecular weight excluding hydrogens is 245 g/mol. The normalized spacial score (nSPS) is 11.3. The van der Waals surface area contributed by atoms with Crippen LogP contribution in [0.2, 0.25) is 0 Å². The highest BCUT2D eigenvalue weighted by molar-refractivity contribution is 5.27. The molecule has 0 radical (unpaired) electrons. The van der Waals surface area contributed by atoms with Crippen molar-refractivity contribution in [1.82, 2.24) is 9.97 Å². The molecule has 18 heavy (non-hydrogen) atoms. The van der Waals surface area contributed by atoms with Gasteiger partial charge in [-0.25, -0.2) is 4.98 Å². The van der Waals surface area contributed by atoms with Crippen LogP contribution >= 0.6 is 0 Å². The lowest BCUT2D eigenvalue weighted by molar-refractivity contribution is -0.137. The van der Waals surface area contributed by atoms with E-state index in [0.717, 1.165) is 18.0 Å². The maximum atomic E-state index is 12.3. The van der Waals surface area contributed by atoms with Gasteiger partial charge in [0.15, 0.2) is 0 Å². The summed E-state index contributed by atoms with van der Waals surface area (Å²) in [6.45, 7) is 1.82. The predicted molar refractivity (Wildman–Crippen MR) is 58.3 cm³/mol. The molecule has 0 saturated carbocycles. The van der Waals surface area contributed by atoms with Crippen molar-refractivity contribution >= 4 is 0 Å². The van der Waals surface area contributed by atoms with Gasteiger partial charge in [0.1, 0.15) is 5.75 Å². The van der Waals surface area contributed by atoms with E-state index in [0.29, 0.717) is 5.75 Å². The molecule has 94 valence electrons. The van der Waals surface area contributed by atoms with Gasteiger partial charge in [0.2, 0.25) is 5.88 Å². The SMILES string of the molecule is Cc1ccc(Oc2ccc(C(F)(F)F)cn2)cn1. The number of hydrogen-bond donors (Lipinski definition) is 0. The van der Waals surface area contributed by atoms with Gasteiger partial charge in [-0.3, -0.25) is 4.98 Å². The van der Waals surface area contributed by atoms with Gasteiger partial charge in [-0.2, -0.15) is 13.2 Å². The van der Waals surface area contributed by atoms with Gasteiger partial charge in [0.25, 0.3) is 0 Å². The third-order valence-electron chi connectivity index (χ3n) is 2.17. The zero-order valence-electron chi connectivity index (χ0n) is 9.40. The van der Waals surface area contributed by atoms with Crippen LogP contribution in [0.25, 0.3) is 0 Å². The maximum Gasteiger partial charge on any atom is 0.417 e. The topological polar surface area (TPSA) is 35.0 Å². The highest BCUT2D eigenvalue weighted by atomic mass is 19.4. The van der Waals surface area contributed by atoms with Gasteiger partial charge in [0.05, 0.1) is 11.8 Å². The van der Waals surface area contributed by atoms with Crippen molar-refractivity contribution < 1.29 is 17.9 Å². The van der Waals surface area contributed by atoms with E-state index >= 15 is 0 Å². The van der Waals surface area contributed by atoms with Crippen LogP contribution in [-0.2, 0) is 6.18 Å². The highest BCUT2D eigenvalue weighted by Gasteiger charge is 2.30. The molecule has 0 amide bonds. The van der Waals surface area contributed by atoms with Gasteiger partial charge in [-0.15, -0.1) is 0 Å². The first kappa shape index (κ1) is 12.3. The van der Waals surface area contributed by atoms with Crippen LogP contribution in [0.3, 0.4) is 0 Å². The van der Waals surface area contributed by atoms with Crippen LogP contribution in [0.4, 0.5) is 13.2 Å². The summed E-state index contributed by atoms with van der Waals surface area (Å²) < 4.78 is 42.2. The average Bonchev–Trinajstić information content (AvgIpc) is 2.32. The van der Waals surface area contributed by atoms with E-state index in [2.05, 4.69) is 9.97 Å². The molecule has 0 aromatic carbocycles. The summed E-state index contributed by atoms with van der Waals surface area (Å²) >= 11 is 0. The molecule has 2 aromatic rings. The van der Waals surface area contributed by atoms with Crippen molar-refractivity contribution in [2.45, 2.75) is 13.1 Å². The van der Waals surface area contributed by atoms with Crippen LogP contribution in [0.15, 0.2) is 36.7 Å². The van der Waals surface area contributed by atoms with Gasteiger partial charge >= 0.3 is 6.18 Å². The van der Waals surface area contributed by atoms with Gasteiger partial charge in [-0.1, -0.05) is 0 Å². The number of halogens is 3. The Labute approximate surface area is 101 Å². The molecule has 2 rings (SSSR count). The summed E-state index contributed by atoms with van der Waals surface area (Å²) in [6.07, 6.45) is -2.18. The minimum Gasteiger partial charge on any atom is -0.437 e. The second kappa shape index (κ2) is 4.64. The van der Waals surface area contributed by atoms with Crippen molar-refractivity contribution in [3.8, 4) is 11.6 Å². The zero-order valence-corrected chi connectivity index (χ0v) is 9.40. The van der Waals surface area contributed by atoms with Crippen LogP contribution in [0, 0.1) is 6.92 Å². The standard InChI is InChI=1S/C12H9F3N2O/c1-8-2-4-10(7-16-8)18-11-5-3-9(6-17-11)12(13,14)15/h2-7H,1H3. The summed E-state index contributed by atoms with van der Waals surface area (Å²) in [5.41, 5.74) is 0.0135. The number of aryl methyl sites for hydroxylation is 1. The van der Waals surface area contributed by atoms with Crippen molar-refractivity contribution in [1.29, 1.82) is 0 Å². The average molecular weight is 254 g/mol.